The topological polar surface area (TPSA) is 78.2 Å². The van der Waals surface area contributed by atoms with Gasteiger partial charge in [0.15, 0.2) is 0 Å². The summed E-state index contributed by atoms with van der Waals surface area (Å²) in [6.45, 7) is 4.83. The molecular weight excluding hydrogens is 813 g/mol. The van der Waals surface area contributed by atoms with Crippen LogP contribution in [0.25, 0.3) is 66.1 Å². The van der Waals surface area contributed by atoms with E-state index in [2.05, 4.69) is 165 Å². The number of benzene rings is 6. The second kappa shape index (κ2) is 19.9. The molecule has 0 aliphatic rings. The normalized spacial score (nSPS) is 11.6. The van der Waals surface area contributed by atoms with E-state index in [-0.39, 0.29) is 0 Å². The third kappa shape index (κ3) is 9.03. The number of methoxy groups -OCH3 is 2. The quantitative estimate of drug-likeness (QED) is 0.0788. The lowest BCUT2D eigenvalue weighted by Crippen LogP contribution is -2.17. The lowest BCUT2D eigenvalue weighted by Gasteiger charge is -2.14. The van der Waals surface area contributed by atoms with Crippen LogP contribution in [0.2, 0.25) is 0 Å². The van der Waals surface area contributed by atoms with Crippen LogP contribution in [0.15, 0.2) is 170 Å². The number of nitrogens with one attached hydrogen (secondary N) is 2. The molecule has 330 valence electrons. The molecule has 0 amide bonds. The highest BCUT2D eigenvalue weighted by molar-refractivity contribution is 6.13. The second-order valence-electron chi connectivity index (χ2n) is 17.1. The van der Waals surface area contributed by atoms with Crippen LogP contribution in [-0.4, -0.2) is 46.4 Å². The molecule has 10 rings (SSSR count). The fourth-order valence-electron chi connectivity index (χ4n) is 9.48. The molecule has 6 aromatic carbocycles. The maximum atomic E-state index is 5.52. The summed E-state index contributed by atoms with van der Waals surface area (Å²) in [6, 6.07) is 60.0. The Labute approximate surface area is 386 Å². The average Bonchev–Trinajstić information content (AvgIpc) is 3.86. The number of ether oxygens (including phenoxy) is 2. The van der Waals surface area contributed by atoms with Gasteiger partial charge in [-0.25, -0.2) is 9.97 Å². The Morgan fingerprint density at radius 3 is 1.23 bits per heavy atom. The Kier molecular flexibility index (Phi) is 12.8. The molecule has 0 saturated carbocycles. The number of rotatable bonds is 19. The third-order valence-corrected chi connectivity index (χ3v) is 12.8. The molecule has 0 spiro atoms. The number of unbranched alkanes of at least 4 members (excludes halogenated alkanes) is 3. The van der Waals surface area contributed by atoms with Crippen LogP contribution in [0.3, 0.4) is 0 Å². The van der Waals surface area contributed by atoms with Crippen LogP contribution < -0.4 is 20.1 Å². The van der Waals surface area contributed by atoms with Gasteiger partial charge >= 0.3 is 0 Å². The average molecular weight is 869 g/mol. The van der Waals surface area contributed by atoms with Crippen molar-refractivity contribution in [3.05, 3.63) is 192 Å². The Hall–Kier alpha value is -7.26. The van der Waals surface area contributed by atoms with Gasteiger partial charge in [0.1, 0.15) is 11.5 Å². The second-order valence-corrected chi connectivity index (χ2v) is 17.1. The number of pyridine rings is 2. The zero-order valence-electron chi connectivity index (χ0n) is 37.8. The van der Waals surface area contributed by atoms with Crippen molar-refractivity contribution in [1.29, 1.82) is 0 Å². The maximum Gasteiger partial charge on any atom is 0.118 e. The van der Waals surface area contributed by atoms with Gasteiger partial charge in [0.05, 0.1) is 48.0 Å². The molecule has 0 saturated heterocycles. The highest BCUT2D eigenvalue weighted by Gasteiger charge is 2.20. The van der Waals surface area contributed by atoms with E-state index in [1.54, 1.807) is 14.2 Å². The van der Waals surface area contributed by atoms with Gasteiger partial charge in [-0.2, -0.15) is 0 Å². The van der Waals surface area contributed by atoms with E-state index >= 15 is 0 Å². The first-order chi connectivity index (χ1) is 32.6. The highest BCUT2D eigenvalue weighted by Crippen LogP contribution is 2.38. The predicted octanol–water partition coefficient (Wildman–Crippen LogP) is 12.6. The van der Waals surface area contributed by atoms with E-state index in [1.165, 1.54) is 43.7 Å². The molecule has 0 bridgehead atoms. The molecule has 0 aliphatic heterocycles. The van der Waals surface area contributed by atoms with Crippen LogP contribution in [0, 0.1) is 0 Å². The first-order valence-electron chi connectivity index (χ1n) is 23.2. The molecular formula is C58H56N6O2. The summed E-state index contributed by atoms with van der Waals surface area (Å²) < 4.78 is 15.9. The van der Waals surface area contributed by atoms with Crippen LogP contribution in [0.4, 0.5) is 0 Å². The Balaban J connectivity index is 0.789. The first kappa shape index (κ1) is 42.7. The Morgan fingerprint density at radius 2 is 0.818 bits per heavy atom. The molecule has 4 heterocycles. The smallest absolute Gasteiger partial charge is 0.118 e. The van der Waals surface area contributed by atoms with Gasteiger partial charge in [-0.3, -0.25) is 0 Å². The minimum absolute atomic E-state index is 0.708. The van der Waals surface area contributed by atoms with Gasteiger partial charge in [-0.15, -0.1) is 0 Å². The summed E-state index contributed by atoms with van der Waals surface area (Å²) in [6.07, 6.45) is 4.55. The van der Waals surface area contributed by atoms with Gasteiger partial charge in [0.2, 0.25) is 0 Å². The molecule has 66 heavy (non-hydrogen) atoms. The summed E-state index contributed by atoms with van der Waals surface area (Å²) in [5.74, 6) is 1.67. The predicted molar refractivity (Wildman–Crippen MR) is 271 cm³/mol. The van der Waals surface area contributed by atoms with Gasteiger partial charge in [0.25, 0.3) is 0 Å². The van der Waals surface area contributed by atoms with Gasteiger partial charge < -0.3 is 29.2 Å². The zero-order chi connectivity index (χ0) is 44.7. The van der Waals surface area contributed by atoms with E-state index in [9.17, 15) is 0 Å². The lowest BCUT2D eigenvalue weighted by atomic mass is 10.1. The molecule has 0 radical (unpaired) electrons. The van der Waals surface area contributed by atoms with Crippen molar-refractivity contribution < 1.29 is 9.47 Å². The van der Waals surface area contributed by atoms with Crippen molar-refractivity contribution in [2.24, 2.45) is 0 Å². The van der Waals surface area contributed by atoms with Crippen LogP contribution in [0.1, 0.15) is 48.2 Å². The van der Waals surface area contributed by atoms with Crippen molar-refractivity contribution in [3.8, 4) is 34.0 Å². The lowest BCUT2D eigenvalue weighted by molar-refractivity contribution is 0.415. The summed E-state index contributed by atoms with van der Waals surface area (Å²) in [5, 5.41) is 12.4. The third-order valence-electron chi connectivity index (χ3n) is 12.8. The molecule has 10 aromatic rings. The molecule has 8 nitrogen and oxygen atoms in total. The molecule has 0 unspecified atom stereocenters. The fraction of sp³-hybridized carbons (Fsp3) is 0.207. The van der Waals surface area contributed by atoms with E-state index in [0.29, 0.717) is 13.1 Å². The largest absolute Gasteiger partial charge is 0.497 e. The maximum absolute atomic E-state index is 5.52. The Morgan fingerprint density at radius 1 is 0.424 bits per heavy atom. The number of para-hydroxylation sites is 2. The summed E-state index contributed by atoms with van der Waals surface area (Å²) in [7, 11) is 3.42. The monoisotopic (exact) mass is 868 g/mol. The van der Waals surface area contributed by atoms with Crippen LogP contribution in [0.5, 0.6) is 11.5 Å². The van der Waals surface area contributed by atoms with Crippen LogP contribution in [-0.2, 0) is 26.2 Å². The number of hydrogen-bond donors (Lipinski definition) is 2. The Bertz CT molecular complexity index is 2990. The van der Waals surface area contributed by atoms with E-state index < -0.39 is 0 Å². The molecule has 4 aromatic heterocycles. The van der Waals surface area contributed by atoms with Gasteiger partial charge in [-0.1, -0.05) is 110 Å². The standard InChI is InChI=1S/C58H56N6O2/c1-65-47-29-25-43(26-30-47)55-57-51(49-21-11-13-23-53(49)63(57)39-41-17-7-5-8-18-41)35-45(61-55)37-59-33-15-3-4-16-34-60-38-46-36-52-50-22-12-14-24-54(50)64(40-42-19-9-6-10-20-42)58(52)56(62-46)44-27-31-48(66-2)32-28-44/h5-14,17-32,35-36,59-60H,3-4,15-16,33-34,37-40H2,1-2H3. The SMILES string of the molecule is COc1ccc(-c2nc(CNCCCCCCNCc3cc4c5ccccc5n(Cc5ccccc5)c4c(-c4ccc(OC)cc4)n3)cc3c4ccccc4n(Cc4ccccc4)c23)cc1. The zero-order valence-corrected chi connectivity index (χ0v) is 37.8. The number of fused-ring (bicyclic) bond motifs is 6. The molecule has 0 aliphatic carbocycles. The minimum atomic E-state index is 0.708. The van der Waals surface area contributed by atoms with E-state index in [1.807, 2.05) is 24.3 Å². The summed E-state index contributed by atoms with van der Waals surface area (Å²) in [5.41, 5.74) is 13.5. The van der Waals surface area contributed by atoms with Crippen molar-refractivity contribution >= 4 is 43.6 Å². The number of hydrogen-bond acceptors (Lipinski definition) is 6. The van der Waals surface area contributed by atoms with Crippen molar-refractivity contribution in [3.63, 3.8) is 0 Å². The van der Waals surface area contributed by atoms with Crippen molar-refractivity contribution in [2.75, 3.05) is 27.3 Å². The molecule has 8 heteroatoms. The van der Waals surface area contributed by atoms with Gasteiger partial charge in [-0.05, 0) is 110 Å². The van der Waals surface area contributed by atoms with Crippen LogP contribution >= 0.6 is 0 Å². The number of nitrogens with zero attached hydrogens (tertiary/aromatic N) is 4. The molecule has 0 fully saturated rings. The highest BCUT2D eigenvalue weighted by atomic mass is 16.5. The number of aromatic nitrogens is 4. The molecule has 2 N–H and O–H groups in total. The van der Waals surface area contributed by atoms with E-state index in [0.717, 1.165) is 108 Å². The fourth-order valence-corrected chi connectivity index (χ4v) is 9.48. The van der Waals surface area contributed by atoms with E-state index in [4.69, 9.17) is 19.4 Å². The summed E-state index contributed by atoms with van der Waals surface area (Å²) in [4.78, 5) is 10.7. The summed E-state index contributed by atoms with van der Waals surface area (Å²) >= 11 is 0. The minimum Gasteiger partial charge on any atom is -0.497 e. The first-order valence-corrected chi connectivity index (χ1v) is 23.2. The van der Waals surface area contributed by atoms with Crippen molar-refractivity contribution in [1.82, 2.24) is 29.7 Å². The van der Waals surface area contributed by atoms with Crippen molar-refractivity contribution in [2.45, 2.75) is 51.9 Å². The molecule has 0 atom stereocenters. The van der Waals surface area contributed by atoms with Gasteiger partial charge in [0, 0.05) is 69.9 Å².